The maximum absolute atomic E-state index is 13.3. The van der Waals surface area contributed by atoms with E-state index >= 15 is 0 Å². The summed E-state index contributed by atoms with van der Waals surface area (Å²) in [5.74, 6) is -0.892. The van der Waals surface area contributed by atoms with Gasteiger partial charge in [0.25, 0.3) is 0 Å². The van der Waals surface area contributed by atoms with Crippen molar-refractivity contribution in [3.63, 3.8) is 0 Å². The molecule has 0 bridgehead atoms. The summed E-state index contributed by atoms with van der Waals surface area (Å²) in [6.07, 6.45) is 0.974. The van der Waals surface area contributed by atoms with E-state index in [4.69, 9.17) is 11.6 Å². The summed E-state index contributed by atoms with van der Waals surface area (Å²) in [5, 5.41) is 2.81. The second-order valence-electron chi connectivity index (χ2n) is 3.79. The molecule has 1 N–H and O–H groups in total. The van der Waals surface area contributed by atoms with E-state index in [1.165, 1.54) is 0 Å². The molecule has 0 unspecified atom stereocenters. The Bertz CT molecular complexity index is 529. The van der Waals surface area contributed by atoms with Crippen LogP contribution in [0.3, 0.4) is 0 Å². The van der Waals surface area contributed by atoms with Crippen molar-refractivity contribution in [3.8, 4) is 0 Å². The predicted molar refractivity (Wildman–Crippen MR) is 67.5 cm³/mol. The minimum Gasteiger partial charge on any atom is -0.364 e. The lowest BCUT2D eigenvalue weighted by Crippen LogP contribution is -2.04. The van der Waals surface area contributed by atoms with Crippen LogP contribution in [-0.4, -0.2) is 4.98 Å². The highest BCUT2D eigenvalue weighted by atomic mass is 35.5. The van der Waals surface area contributed by atoms with Gasteiger partial charge >= 0.3 is 0 Å². The lowest BCUT2D eigenvalue weighted by molar-refractivity contribution is 0.575. The predicted octanol–water partition coefficient (Wildman–Crippen LogP) is 3.71. The third kappa shape index (κ3) is 3.17. The largest absolute Gasteiger partial charge is 0.364 e. The Kier molecular flexibility index (Phi) is 4.10. The molecule has 1 aromatic carbocycles. The normalized spacial score (nSPS) is 10.4. The van der Waals surface area contributed by atoms with Gasteiger partial charge in [0.1, 0.15) is 5.82 Å². The zero-order valence-corrected chi connectivity index (χ0v) is 10.2. The Labute approximate surface area is 109 Å². The van der Waals surface area contributed by atoms with E-state index in [2.05, 4.69) is 10.3 Å². The van der Waals surface area contributed by atoms with Gasteiger partial charge in [-0.15, -0.1) is 11.6 Å². The van der Waals surface area contributed by atoms with Crippen LogP contribution in [0, 0.1) is 11.6 Å². The molecule has 0 fully saturated rings. The van der Waals surface area contributed by atoms with E-state index in [0.29, 0.717) is 12.4 Å². The van der Waals surface area contributed by atoms with Crippen LogP contribution < -0.4 is 5.32 Å². The molecule has 0 saturated carbocycles. The number of halogens is 3. The zero-order chi connectivity index (χ0) is 13.0. The fraction of sp³-hybridized carbons (Fsp3) is 0.154. The van der Waals surface area contributed by atoms with E-state index < -0.39 is 11.6 Å². The third-order valence-electron chi connectivity index (χ3n) is 2.45. The molecular formula is C13H11ClF2N2. The Hall–Kier alpha value is -1.68. The molecule has 0 atom stereocenters. The van der Waals surface area contributed by atoms with Gasteiger partial charge < -0.3 is 5.32 Å². The van der Waals surface area contributed by atoms with Gasteiger partial charge in [0.05, 0.1) is 6.20 Å². The fourth-order valence-corrected chi connectivity index (χ4v) is 1.65. The number of nitrogens with one attached hydrogen (secondary N) is 1. The molecule has 94 valence electrons. The molecule has 0 spiro atoms. The molecule has 2 rings (SSSR count). The van der Waals surface area contributed by atoms with E-state index in [0.717, 1.165) is 23.4 Å². The molecule has 0 radical (unpaired) electrons. The second-order valence-corrected chi connectivity index (χ2v) is 4.05. The van der Waals surface area contributed by atoms with Crippen molar-refractivity contribution >= 4 is 17.4 Å². The molecule has 0 aliphatic carbocycles. The first-order valence-corrected chi connectivity index (χ1v) is 5.91. The maximum atomic E-state index is 13.3. The number of alkyl halides is 1. The summed E-state index contributed by atoms with van der Waals surface area (Å²) in [6, 6.07) is 8.39. The lowest BCUT2D eigenvalue weighted by Gasteiger charge is -2.07. The summed E-state index contributed by atoms with van der Waals surface area (Å²) < 4.78 is 25.9. The maximum Gasteiger partial charge on any atom is 0.168 e. The van der Waals surface area contributed by atoms with Gasteiger partial charge in [-0.1, -0.05) is 24.3 Å². The van der Waals surface area contributed by atoms with Gasteiger partial charge in [-0.2, -0.15) is 0 Å². The highest BCUT2D eigenvalue weighted by Crippen LogP contribution is 2.13. The van der Waals surface area contributed by atoms with Crippen molar-refractivity contribution in [2.24, 2.45) is 0 Å². The Morgan fingerprint density at radius 1 is 1.11 bits per heavy atom. The minimum atomic E-state index is -0.702. The number of benzene rings is 1. The first-order valence-electron chi connectivity index (χ1n) is 5.38. The van der Waals surface area contributed by atoms with Crippen LogP contribution in [-0.2, 0) is 12.4 Å². The minimum absolute atomic E-state index is 0.0396. The van der Waals surface area contributed by atoms with Crippen LogP contribution in [0.25, 0.3) is 0 Å². The molecule has 5 heteroatoms. The van der Waals surface area contributed by atoms with Crippen LogP contribution in [0.15, 0.2) is 36.5 Å². The van der Waals surface area contributed by atoms with E-state index in [-0.39, 0.29) is 5.82 Å². The van der Waals surface area contributed by atoms with E-state index in [1.54, 1.807) is 0 Å². The zero-order valence-electron chi connectivity index (χ0n) is 9.46. The molecule has 18 heavy (non-hydrogen) atoms. The first kappa shape index (κ1) is 12.8. The van der Waals surface area contributed by atoms with E-state index in [9.17, 15) is 8.78 Å². The number of aromatic nitrogens is 1. The summed E-state index contributed by atoms with van der Waals surface area (Å²) in [6.45, 7) is 0.415. The molecule has 2 nitrogen and oxygen atoms in total. The van der Waals surface area contributed by atoms with Gasteiger partial charge in [-0.05, 0) is 11.1 Å². The van der Waals surface area contributed by atoms with Crippen LogP contribution in [0.1, 0.15) is 11.1 Å². The Balaban J connectivity index is 2.02. The van der Waals surface area contributed by atoms with Crippen molar-refractivity contribution in [2.75, 3.05) is 5.32 Å². The van der Waals surface area contributed by atoms with Crippen molar-refractivity contribution in [1.29, 1.82) is 0 Å². The SMILES string of the molecule is Fc1cnc(NCc2ccc(CCl)cc2)c(F)c1. The summed E-state index contributed by atoms with van der Waals surface area (Å²) in [7, 11) is 0. The number of nitrogens with zero attached hydrogens (tertiary/aromatic N) is 1. The molecule has 0 aliphatic heterocycles. The van der Waals surface area contributed by atoms with Crippen molar-refractivity contribution in [2.45, 2.75) is 12.4 Å². The molecule has 0 aliphatic rings. The van der Waals surface area contributed by atoms with Crippen molar-refractivity contribution in [1.82, 2.24) is 4.98 Å². The monoisotopic (exact) mass is 268 g/mol. The van der Waals surface area contributed by atoms with Gasteiger partial charge in [-0.3, -0.25) is 0 Å². The van der Waals surface area contributed by atoms with Gasteiger partial charge in [0.2, 0.25) is 0 Å². The fourth-order valence-electron chi connectivity index (χ4n) is 1.48. The van der Waals surface area contributed by atoms with Gasteiger partial charge in [0, 0.05) is 18.5 Å². The summed E-state index contributed by atoms with van der Waals surface area (Å²) in [4.78, 5) is 3.64. The van der Waals surface area contributed by atoms with Gasteiger partial charge in [0.15, 0.2) is 11.6 Å². The first-order chi connectivity index (χ1) is 8.69. The number of pyridine rings is 1. The topological polar surface area (TPSA) is 24.9 Å². The van der Waals surface area contributed by atoms with Crippen LogP contribution >= 0.6 is 11.6 Å². The highest BCUT2D eigenvalue weighted by Gasteiger charge is 2.04. The second kappa shape index (κ2) is 5.78. The van der Waals surface area contributed by atoms with Crippen molar-refractivity contribution < 1.29 is 8.78 Å². The summed E-state index contributed by atoms with van der Waals surface area (Å²) >= 11 is 5.68. The average Bonchev–Trinajstić information content (AvgIpc) is 2.38. The van der Waals surface area contributed by atoms with Crippen LogP contribution in [0.2, 0.25) is 0 Å². The molecule has 2 aromatic rings. The van der Waals surface area contributed by atoms with Crippen molar-refractivity contribution in [3.05, 3.63) is 59.3 Å². The summed E-state index contributed by atoms with van der Waals surface area (Å²) in [5.41, 5.74) is 1.99. The van der Waals surface area contributed by atoms with Crippen LogP contribution in [0.5, 0.6) is 0 Å². The molecule has 0 saturated heterocycles. The number of hydrogen-bond acceptors (Lipinski definition) is 2. The van der Waals surface area contributed by atoms with E-state index in [1.807, 2.05) is 24.3 Å². The smallest absolute Gasteiger partial charge is 0.168 e. The quantitative estimate of drug-likeness (QED) is 0.855. The molecule has 1 heterocycles. The highest BCUT2D eigenvalue weighted by molar-refractivity contribution is 6.17. The standard InChI is InChI=1S/C13H11ClF2N2/c14-6-9-1-3-10(4-2-9)7-17-13-12(16)5-11(15)8-18-13/h1-5,8H,6-7H2,(H,17,18). The number of anilines is 1. The lowest BCUT2D eigenvalue weighted by atomic mass is 10.1. The number of hydrogen-bond donors (Lipinski definition) is 1. The molecule has 0 amide bonds. The van der Waals surface area contributed by atoms with Crippen LogP contribution in [0.4, 0.5) is 14.6 Å². The molecular weight excluding hydrogens is 258 g/mol. The Morgan fingerprint density at radius 2 is 1.78 bits per heavy atom. The average molecular weight is 269 g/mol. The number of rotatable bonds is 4. The molecule has 1 aromatic heterocycles. The Morgan fingerprint density at radius 3 is 2.39 bits per heavy atom. The third-order valence-corrected chi connectivity index (χ3v) is 2.75. The van der Waals surface area contributed by atoms with Gasteiger partial charge in [-0.25, -0.2) is 13.8 Å².